The van der Waals surface area contributed by atoms with E-state index in [0.717, 1.165) is 16.3 Å². The second kappa shape index (κ2) is 5.74. The fraction of sp³-hybridized carbons (Fsp3) is 0.312. The number of aromatic hydroxyl groups is 1. The van der Waals surface area contributed by atoms with Crippen molar-refractivity contribution in [3.8, 4) is 5.75 Å². The molecule has 100 valence electrons. The molecule has 0 bridgehead atoms. The molecular formula is C16H19NO2. The van der Waals surface area contributed by atoms with Crippen LogP contribution in [0.4, 0.5) is 0 Å². The molecule has 1 unspecified atom stereocenters. The van der Waals surface area contributed by atoms with Crippen LogP contribution in [-0.2, 0) is 11.2 Å². The Balaban J connectivity index is 2.29. The number of phenols is 1. The van der Waals surface area contributed by atoms with Gasteiger partial charge in [0.25, 0.3) is 0 Å². The molecule has 1 amide bonds. The van der Waals surface area contributed by atoms with Gasteiger partial charge in [0.2, 0.25) is 5.91 Å². The topological polar surface area (TPSA) is 49.3 Å². The quantitative estimate of drug-likeness (QED) is 0.884. The highest BCUT2D eigenvalue weighted by Gasteiger charge is 2.12. The Morgan fingerprint density at radius 1 is 1.26 bits per heavy atom. The third kappa shape index (κ3) is 3.05. The third-order valence-corrected chi connectivity index (χ3v) is 3.25. The van der Waals surface area contributed by atoms with Crippen molar-refractivity contribution in [3.05, 3.63) is 42.0 Å². The smallest absolute Gasteiger partial charge is 0.219 e. The van der Waals surface area contributed by atoms with E-state index < -0.39 is 0 Å². The SMILES string of the molecule is CCC(=O)NC(C)Cc1c(O)ccc2ccccc12. The monoisotopic (exact) mass is 257 g/mol. The normalized spacial score (nSPS) is 12.3. The Bertz CT molecular complexity index is 592. The number of phenolic OH excluding ortho intramolecular Hbond substituents is 1. The largest absolute Gasteiger partial charge is 0.508 e. The summed E-state index contributed by atoms with van der Waals surface area (Å²) in [4.78, 5) is 11.4. The molecule has 0 radical (unpaired) electrons. The molecule has 3 nitrogen and oxygen atoms in total. The van der Waals surface area contributed by atoms with E-state index in [0.29, 0.717) is 12.8 Å². The Morgan fingerprint density at radius 2 is 2.00 bits per heavy atom. The standard InChI is InChI=1S/C16H19NO2/c1-3-16(19)17-11(2)10-14-13-7-5-4-6-12(13)8-9-15(14)18/h4-9,11,18H,3,10H2,1-2H3,(H,17,19). The van der Waals surface area contributed by atoms with Crippen LogP contribution in [0.5, 0.6) is 5.75 Å². The molecule has 0 aliphatic carbocycles. The van der Waals surface area contributed by atoms with Gasteiger partial charge in [-0.05, 0) is 30.2 Å². The van der Waals surface area contributed by atoms with Gasteiger partial charge in [0.05, 0.1) is 0 Å². The number of rotatable bonds is 4. The lowest BCUT2D eigenvalue weighted by Gasteiger charge is -2.16. The van der Waals surface area contributed by atoms with E-state index in [-0.39, 0.29) is 17.7 Å². The second-order valence-electron chi connectivity index (χ2n) is 4.81. The van der Waals surface area contributed by atoms with Crippen molar-refractivity contribution in [3.63, 3.8) is 0 Å². The van der Waals surface area contributed by atoms with E-state index in [1.165, 1.54) is 0 Å². The fourth-order valence-corrected chi connectivity index (χ4v) is 2.27. The third-order valence-electron chi connectivity index (χ3n) is 3.25. The zero-order chi connectivity index (χ0) is 13.8. The minimum absolute atomic E-state index is 0.00385. The molecule has 19 heavy (non-hydrogen) atoms. The Kier molecular flexibility index (Phi) is 4.05. The molecule has 1 atom stereocenters. The minimum atomic E-state index is 0.00385. The van der Waals surface area contributed by atoms with Gasteiger partial charge in [-0.3, -0.25) is 4.79 Å². The van der Waals surface area contributed by atoms with Crippen LogP contribution in [0.2, 0.25) is 0 Å². The number of carbonyl (C=O) groups is 1. The number of nitrogens with one attached hydrogen (secondary N) is 1. The second-order valence-corrected chi connectivity index (χ2v) is 4.81. The fourth-order valence-electron chi connectivity index (χ4n) is 2.27. The lowest BCUT2D eigenvalue weighted by atomic mass is 9.98. The molecule has 2 aromatic rings. The molecule has 0 aliphatic rings. The maximum atomic E-state index is 11.4. The zero-order valence-corrected chi connectivity index (χ0v) is 11.3. The molecule has 0 aromatic heterocycles. The van der Waals surface area contributed by atoms with Crippen molar-refractivity contribution in [2.45, 2.75) is 32.7 Å². The summed E-state index contributed by atoms with van der Waals surface area (Å²) in [5, 5.41) is 15.1. The number of fused-ring (bicyclic) bond motifs is 1. The van der Waals surface area contributed by atoms with Gasteiger partial charge in [0.1, 0.15) is 5.75 Å². The summed E-state index contributed by atoms with van der Waals surface area (Å²) in [5.41, 5.74) is 0.891. The number of amides is 1. The van der Waals surface area contributed by atoms with Crippen LogP contribution in [0.25, 0.3) is 10.8 Å². The Morgan fingerprint density at radius 3 is 2.74 bits per heavy atom. The summed E-state index contributed by atoms with van der Waals surface area (Å²) in [6.07, 6.45) is 1.10. The summed E-state index contributed by atoms with van der Waals surface area (Å²) in [7, 11) is 0. The first kappa shape index (κ1) is 13.4. The first-order valence-corrected chi connectivity index (χ1v) is 6.60. The van der Waals surface area contributed by atoms with E-state index in [1.54, 1.807) is 6.07 Å². The molecule has 2 aromatic carbocycles. The van der Waals surface area contributed by atoms with Crippen LogP contribution in [0, 0.1) is 0 Å². The number of benzene rings is 2. The highest BCUT2D eigenvalue weighted by molar-refractivity contribution is 5.87. The average molecular weight is 257 g/mol. The van der Waals surface area contributed by atoms with Crippen molar-refractivity contribution in [1.82, 2.24) is 5.32 Å². The van der Waals surface area contributed by atoms with Crippen LogP contribution >= 0.6 is 0 Å². The van der Waals surface area contributed by atoms with E-state index in [1.807, 2.05) is 44.2 Å². The maximum absolute atomic E-state index is 11.4. The maximum Gasteiger partial charge on any atom is 0.219 e. The summed E-state index contributed by atoms with van der Waals surface area (Å²) in [6, 6.07) is 11.6. The van der Waals surface area contributed by atoms with Crippen LogP contribution in [0.3, 0.4) is 0 Å². The van der Waals surface area contributed by atoms with Crippen molar-refractivity contribution >= 4 is 16.7 Å². The first-order chi connectivity index (χ1) is 9.11. The van der Waals surface area contributed by atoms with Crippen molar-refractivity contribution in [2.75, 3.05) is 0 Å². The van der Waals surface area contributed by atoms with E-state index in [4.69, 9.17) is 0 Å². The number of hydrogen-bond acceptors (Lipinski definition) is 2. The van der Waals surface area contributed by atoms with Gasteiger partial charge in [0.15, 0.2) is 0 Å². The van der Waals surface area contributed by atoms with Crippen LogP contribution in [0.1, 0.15) is 25.8 Å². The van der Waals surface area contributed by atoms with Gasteiger partial charge in [-0.15, -0.1) is 0 Å². The van der Waals surface area contributed by atoms with Gasteiger partial charge in [-0.2, -0.15) is 0 Å². The zero-order valence-electron chi connectivity index (χ0n) is 11.3. The first-order valence-electron chi connectivity index (χ1n) is 6.60. The molecule has 2 rings (SSSR count). The minimum Gasteiger partial charge on any atom is -0.508 e. The molecule has 0 saturated heterocycles. The Hall–Kier alpha value is -2.03. The number of hydrogen-bond donors (Lipinski definition) is 2. The predicted octanol–water partition coefficient (Wildman–Crippen LogP) is 3.00. The van der Waals surface area contributed by atoms with Crippen LogP contribution < -0.4 is 5.32 Å². The molecule has 3 heteroatoms. The van der Waals surface area contributed by atoms with Crippen molar-refractivity contribution in [1.29, 1.82) is 0 Å². The van der Waals surface area contributed by atoms with Gasteiger partial charge in [-0.1, -0.05) is 37.3 Å². The van der Waals surface area contributed by atoms with Crippen LogP contribution in [-0.4, -0.2) is 17.1 Å². The number of carbonyl (C=O) groups excluding carboxylic acids is 1. The van der Waals surface area contributed by atoms with Crippen LogP contribution in [0.15, 0.2) is 36.4 Å². The van der Waals surface area contributed by atoms with Gasteiger partial charge in [-0.25, -0.2) is 0 Å². The highest BCUT2D eigenvalue weighted by Crippen LogP contribution is 2.28. The summed E-state index contributed by atoms with van der Waals surface area (Å²) < 4.78 is 0. The molecule has 0 spiro atoms. The predicted molar refractivity (Wildman–Crippen MR) is 77.2 cm³/mol. The average Bonchev–Trinajstić information content (AvgIpc) is 2.42. The summed E-state index contributed by atoms with van der Waals surface area (Å²) in [5.74, 6) is 0.323. The van der Waals surface area contributed by atoms with Gasteiger partial charge < -0.3 is 10.4 Å². The molecule has 0 aliphatic heterocycles. The molecular weight excluding hydrogens is 238 g/mol. The highest BCUT2D eigenvalue weighted by atomic mass is 16.3. The van der Waals surface area contributed by atoms with Gasteiger partial charge >= 0.3 is 0 Å². The Labute approximate surface area is 113 Å². The molecule has 0 heterocycles. The lowest BCUT2D eigenvalue weighted by molar-refractivity contribution is -0.121. The van der Waals surface area contributed by atoms with E-state index in [9.17, 15) is 9.90 Å². The molecule has 0 fully saturated rings. The van der Waals surface area contributed by atoms with Gasteiger partial charge in [0, 0.05) is 18.0 Å². The van der Waals surface area contributed by atoms with E-state index >= 15 is 0 Å². The molecule has 2 N–H and O–H groups in total. The van der Waals surface area contributed by atoms with Crippen molar-refractivity contribution < 1.29 is 9.90 Å². The summed E-state index contributed by atoms with van der Waals surface area (Å²) in [6.45, 7) is 3.78. The summed E-state index contributed by atoms with van der Waals surface area (Å²) >= 11 is 0. The molecule has 0 saturated carbocycles. The van der Waals surface area contributed by atoms with E-state index in [2.05, 4.69) is 5.32 Å². The van der Waals surface area contributed by atoms with Crippen molar-refractivity contribution in [2.24, 2.45) is 0 Å². The lowest BCUT2D eigenvalue weighted by Crippen LogP contribution is -2.33.